The fraction of sp³-hybridized carbons (Fsp3) is 0.875. The van der Waals surface area contributed by atoms with Gasteiger partial charge in [-0.15, -0.1) is 0 Å². The first kappa shape index (κ1) is 7.58. The lowest BCUT2D eigenvalue weighted by Crippen LogP contribution is -2.50. The van der Waals surface area contributed by atoms with E-state index in [1.807, 2.05) is 0 Å². The number of carbonyl (C=O) groups is 1. The summed E-state index contributed by atoms with van der Waals surface area (Å²) in [6.45, 7) is 0. The van der Waals surface area contributed by atoms with Crippen molar-refractivity contribution in [1.29, 1.82) is 0 Å². The highest BCUT2D eigenvalue weighted by molar-refractivity contribution is 5.76. The summed E-state index contributed by atoms with van der Waals surface area (Å²) in [4.78, 5) is 10.9. The van der Waals surface area contributed by atoms with E-state index in [1.54, 1.807) is 0 Å². The third-order valence-corrected chi connectivity index (χ3v) is 2.86. The Balaban J connectivity index is 1.76. The van der Waals surface area contributed by atoms with E-state index in [0.717, 1.165) is 19.3 Å². The van der Waals surface area contributed by atoms with Crippen molar-refractivity contribution in [2.75, 3.05) is 0 Å². The molecule has 2 saturated heterocycles. The highest BCUT2D eigenvalue weighted by Crippen LogP contribution is 2.31. The van der Waals surface area contributed by atoms with Gasteiger partial charge in [0, 0.05) is 0 Å². The summed E-state index contributed by atoms with van der Waals surface area (Å²) in [6.07, 6.45) is 3.04. The largest absolute Gasteiger partial charge is 0.348 e. The molecular formula is C8H12N2O3. The maximum absolute atomic E-state index is 10.9. The third-order valence-electron chi connectivity index (χ3n) is 2.86. The van der Waals surface area contributed by atoms with E-state index in [1.165, 1.54) is 0 Å². The van der Waals surface area contributed by atoms with Crippen molar-refractivity contribution in [1.82, 2.24) is 10.6 Å². The smallest absolute Gasteiger partial charge is 0.319 e. The summed E-state index contributed by atoms with van der Waals surface area (Å²) < 4.78 is 11.4. The Labute approximate surface area is 75.8 Å². The predicted molar refractivity (Wildman–Crippen MR) is 42.8 cm³/mol. The summed E-state index contributed by atoms with van der Waals surface area (Å²) in [6, 6.07) is -0.199. The number of rotatable bonds is 0. The molecule has 2 heterocycles. The van der Waals surface area contributed by atoms with Crippen LogP contribution in [0.2, 0.25) is 0 Å². The monoisotopic (exact) mass is 184 g/mol. The van der Waals surface area contributed by atoms with Gasteiger partial charge >= 0.3 is 6.03 Å². The first-order chi connectivity index (χ1) is 6.33. The molecule has 5 heteroatoms. The Morgan fingerprint density at radius 3 is 2.15 bits per heavy atom. The van der Waals surface area contributed by atoms with Crippen molar-refractivity contribution in [2.45, 2.75) is 43.9 Å². The van der Waals surface area contributed by atoms with Gasteiger partial charge in [-0.25, -0.2) is 4.79 Å². The molecule has 0 aromatic rings. The van der Waals surface area contributed by atoms with Crippen LogP contribution < -0.4 is 10.6 Å². The molecule has 4 unspecified atom stereocenters. The van der Waals surface area contributed by atoms with Gasteiger partial charge < -0.3 is 20.1 Å². The van der Waals surface area contributed by atoms with E-state index >= 15 is 0 Å². The summed E-state index contributed by atoms with van der Waals surface area (Å²) in [5, 5.41) is 5.34. The Morgan fingerprint density at radius 1 is 1.08 bits per heavy atom. The van der Waals surface area contributed by atoms with Crippen LogP contribution in [0, 0.1) is 0 Å². The van der Waals surface area contributed by atoms with Gasteiger partial charge in [0.1, 0.15) is 0 Å². The van der Waals surface area contributed by atoms with Crippen LogP contribution >= 0.6 is 0 Å². The van der Waals surface area contributed by atoms with Gasteiger partial charge in [-0.2, -0.15) is 0 Å². The van der Waals surface area contributed by atoms with Crippen LogP contribution in [0.15, 0.2) is 0 Å². The van der Waals surface area contributed by atoms with E-state index in [-0.39, 0.29) is 30.7 Å². The fourth-order valence-electron chi connectivity index (χ4n) is 2.24. The summed E-state index contributed by atoms with van der Waals surface area (Å²) in [5.74, 6) is 0. The van der Waals surface area contributed by atoms with Crippen molar-refractivity contribution in [2.24, 2.45) is 0 Å². The molecule has 2 aliphatic heterocycles. The minimum Gasteiger partial charge on any atom is -0.348 e. The highest BCUT2D eigenvalue weighted by Gasteiger charge is 2.45. The predicted octanol–water partition coefficient (Wildman–Crippen LogP) is -0.0807. The fourth-order valence-corrected chi connectivity index (χ4v) is 2.24. The summed E-state index contributed by atoms with van der Waals surface area (Å²) >= 11 is 0. The normalized spacial score (nSPS) is 47.8. The zero-order valence-corrected chi connectivity index (χ0v) is 7.16. The topological polar surface area (TPSA) is 59.6 Å². The second kappa shape index (κ2) is 2.59. The molecule has 13 heavy (non-hydrogen) atoms. The minimum absolute atomic E-state index is 0.182. The van der Waals surface area contributed by atoms with Crippen molar-refractivity contribution >= 4 is 6.03 Å². The summed E-state index contributed by atoms with van der Waals surface area (Å²) in [5.41, 5.74) is 0. The minimum atomic E-state index is -0.285. The number of amides is 2. The Morgan fingerprint density at radius 2 is 1.62 bits per heavy atom. The van der Waals surface area contributed by atoms with Crippen molar-refractivity contribution < 1.29 is 14.3 Å². The molecule has 0 aromatic heterocycles. The van der Waals surface area contributed by atoms with Crippen LogP contribution in [0.4, 0.5) is 4.79 Å². The van der Waals surface area contributed by atoms with E-state index in [4.69, 9.17) is 9.47 Å². The molecule has 2 amide bonds. The zero-order chi connectivity index (χ0) is 8.84. The molecule has 4 atom stereocenters. The average Bonchev–Trinajstić information content (AvgIpc) is 2.63. The Bertz CT molecular complexity index is 224. The molecule has 1 aliphatic carbocycles. The molecule has 0 radical (unpaired) electrons. The molecule has 1 saturated carbocycles. The van der Waals surface area contributed by atoms with Gasteiger partial charge in [0.2, 0.25) is 0 Å². The molecule has 5 nitrogen and oxygen atoms in total. The Hall–Kier alpha value is -0.810. The molecule has 3 aliphatic rings. The molecule has 0 bridgehead atoms. The van der Waals surface area contributed by atoms with Gasteiger partial charge in [0.25, 0.3) is 0 Å². The van der Waals surface area contributed by atoms with Crippen LogP contribution in [0.1, 0.15) is 19.3 Å². The van der Waals surface area contributed by atoms with Crippen molar-refractivity contribution in [3.8, 4) is 0 Å². The van der Waals surface area contributed by atoms with Gasteiger partial charge in [0.15, 0.2) is 12.5 Å². The third kappa shape index (κ3) is 1.11. The molecular weight excluding hydrogens is 172 g/mol. The zero-order valence-electron chi connectivity index (χ0n) is 7.16. The molecule has 0 aromatic carbocycles. The van der Waals surface area contributed by atoms with Crippen molar-refractivity contribution in [3.63, 3.8) is 0 Å². The first-order valence-corrected chi connectivity index (χ1v) is 4.71. The van der Waals surface area contributed by atoms with Crippen LogP contribution in [-0.2, 0) is 9.47 Å². The lowest BCUT2D eigenvalue weighted by atomic mass is 10.2. The van der Waals surface area contributed by atoms with Gasteiger partial charge in [-0.05, 0) is 19.3 Å². The first-order valence-electron chi connectivity index (χ1n) is 4.71. The summed E-state index contributed by atoms with van der Waals surface area (Å²) in [7, 11) is 0. The standard InChI is InChI=1S/C8H12N2O3/c11-8-9-6-7(10-8)13-5-3-1-2-4(5)12-6/h4-7H,1-3H2,(H2,9,10,11). The van der Waals surface area contributed by atoms with Crippen LogP contribution in [0.3, 0.4) is 0 Å². The van der Waals surface area contributed by atoms with E-state index in [2.05, 4.69) is 10.6 Å². The average molecular weight is 184 g/mol. The maximum atomic E-state index is 10.9. The van der Waals surface area contributed by atoms with Crippen LogP contribution in [0.5, 0.6) is 0 Å². The number of ether oxygens (including phenoxy) is 2. The molecule has 0 spiro atoms. The number of hydrogen-bond donors (Lipinski definition) is 2. The second-order valence-electron chi connectivity index (χ2n) is 3.74. The van der Waals surface area contributed by atoms with Gasteiger partial charge in [0.05, 0.1) is 12.2 Å². The molecule has 72 valence electrons. The molecule has 3 rings (SSSR count). The van der Waals surface area contributed by atoms with Gasteiger partial charge in [-0.1, -0.05) is 0 Å². The SMILES string of the molecule is O=C1NC2OC3CCCC3OC2N1. The van der Waals surface area contributed by atoms with Crippen LogP contribution in [-0.4, -0.2) is 30.7 Å². The molecule has 3 fully saturated rings. The van der Waals surface area contributed by atoms with E-state index in [0.29, 0.717) is 0 Å². The lowest BCUT2D eigenvalue weighted by molar-refractivity contribution is -0.208. The van der Waals surface area contributed by atoms with E-state index in [9.17, 15) is 4.79 Å². The number of hydrogen-bond acceptors (Lipinski definition) is 3. The number of nitrogens with one attached hydrogen (secondary N) is 2. The van der Waals surface area contributed by atoms with Crippen LogP contribution in [0.25, 0.3) is 0 Å². The quantitative estimate of drug-likeness (QED) is 0.553. The second-order valence-corrected chi connectivity index (χ2v) is 3.74. The Kier molecular flexibility index (Phi) is 1.51. The maximum Gasteiger partial charge on any atom is 0.319 e. The highest BCUT2D eigenvalue weighted by atomic mass is 16.6. The molecule has 2 N–H and O–H groups in total. The van der Waals surface area contributed by atoms with Crippen molar-refractivity contribution in [3.05, 3.63) is 0 Å². The number of urea groups is 1. The van der Waals surface area contributed by atoms with Gasteiger partial charge in [-0.3, -0.25) is 0 Å². The van der Waals surface area contributed by atoms with E-state index < -0.39 is 0 Å². The number of carbonyl (C=O) groups excluding carboxylic acids is 1. The lowest BCUT2D eigenvalue weighted by Gasteiger charge is -2.34. The number of fused-ring (bicyclic) bond motifs is 2.